The van der Waals surface area contributed by atoms with Crippen LogP contribution in [-0.4, -0.2) is 84.2 Å². The van der Waals surface area contributed by atoms with E-state index in [4.69, 9.17) is 18.9 Å². The number of aliphatic hydroxyl groups is 4. The highest BCUT2D eigenvalue weighted by molar-refractivity contribution is 5.53. The van der Waals surface area contributed by atoms with Crippen LogP contribution in [0.2, 0.25) is 0 Å². The number of aliphatic hydroxyl groups excluding tert-OH is 4. The van der Waals surface area contributed by atoms with Crippen molar-refractivity contribution in [2.75, 3.05) is 34.0 Å². The molecule has 0 saturated carbocycles. The van der Waals surface area contributed by atoms with Crippen molar-refractivity contribution in [2.24, 2.45) is 11.8 Å². The largest absolute Gasteiger partial charge is 0.504 e. The van der Waals surface area contributed by atoms with E-state index >= 15 is 0 Å². The van der Waals surface area contributed by atoms with Crippen LogP contribution in [0.25, 0.3) is 0 Å². The number of hydrogen-bond donors (Lipinski definition) is 5. The van der Waals surface area contributed by atoms with Crippen molar-refractivity contribution in [3.8, 4) is 17.2 Å². The molecule has 1 heterocycles. The third-order valence-electron chi connectivity index (χ3n) is 7.82. The van der Waals surface area contributed by atoms with Gasteiger partial charge in [0, 0.05) is 12.5 Å². The third kappa shape index (κ3) is 5.50. The van der Waals surface area contributed by atoms with Gasteiger partial charge in [0.25, 0.3) is 0 Å². The molecule has 9 nitrogen and oxygen atoms in total. The monoisotopic (exact) mass is 532 g/mol. The van der Waals surface area contributed by atoms with Crippen molar-refractivity contribution in [1.82, 2.24) is 0 Å². The molecule has 38 heavy (non-hydrogen) atoms. The maximum absolute atomic E-state index is 10.5. The molecule has 0 amide bonds. The van der Waals surface area contributed by atoms with Gasteiger partial charge >= 0.3 is 0 Å². The highest BCUT2D eigenvalue weighted by atomic mass is 16.7. The average Bonchev–Trinajstić information content (AvgIpc) is 2.89. The Labute approximate surface area is 223 Å². The zero-order valence-electron chi connectivity index (χ0n) is 22.6. The molecule has 0 bridgehead atoms. The molecule has 7 atom stereocenters. The molecule has 1 saturated heterocycles. The Kier molecular flexibility index (Phi) is 8.56. The molecule has 1 fully saturated rings. The van der Waals surface area contributed by atoms with E-state index < -0.39 is 24.6 Å². The first-order chi connectivity index (χ1) is 18.0. The minimum Gasteiger partial charge on any atom is -0.504 e. The van der Waals surface area contributed by atoms with Crippen molar-refractivity contribution in [3.05, 3.63) is 52.6 Å². The number of hydrogen-bond acceptors (Lipinski definition) is 9. The second-order valence-electron chi connectivity index (χ2n) is 11.3. The summed E-state index contributed by atoms with van der Waals surface area (Å²) in [5.74, 6) is 0.433. The minimum atomic E-state index is -1.41. The molecule has 210 valence electrons. The van der Waals surface area contributed by atoms with E-state index in [0.29, 0.717) is 12.2 Å². The van der Waals surface area contributed by atoms with E-state index in [1.807, 2.05) is 18.2 Å². The van der Waals surface area contributed by atoms with Crippen LogP contribution < -0.4 is 9.47 Å². The number of phenolic OH excluding ortho intramolecular Hbond substituents is 1. The summed E-state index contributed by atoms with van der Waals surface area (Å²) in [6.45, 7) is 6.18. The lowest BCUT2D eigenvalue weighted by atomic mass is 9.66. The van der Waals surface area contributed by atoms with Gasteiger partial charge < -0.3 is 44.5 Å². The van der Waals surface area contributed by atoms with Gasteiger partial charge in [0.2, 0.25) is 0 Å². The summed E-state index contributed by atoms with van der Waals surface area (Å²) in [6.07, 6.45) is -4.60. The van der Waals surface area contributed by atoms with Crippen LogP contribution in [0.1, 0.15) is 48.9 Å². The van der Waals surface area contributed by atoms with Gasteiger partial charge in [-0.15, -0.1) is 0 Å². The quantitative estimate of drug-likeness (QED) is 0.363. The maximum Gasteiger partial charge on any atom is 0.186 e. The molecular weight excluding hydrogens is 492 g/mol. The fraction of sp³-hybridized carbons (Fsp3) is 0.586. The van der Waals surface area contributed by atoms with Crippen LogP contribution >= 0.6 is 0 Å². The number of ether oxygens (including phenoxy) is 4. The Balaban J connectivity index is 1.79. The lowest BCUT2D eigenvalue weighted by molar-refractivity contribution is -0.274. The first-order valence-electron chi connectivity index (χ1n) is 13.0. The van der Waals surface area contributed by atoms with Crippen molar-refractivity contribution in [3.63, 3.8) is 0 Å². The van der Waals surface area contributed by atoms with Gasteiger partial charge in [-0.3, -0.25) is 0 Å². The van der Waals surface area contributed by atoms with Crippen LogP contribution in [0.3, 0.4) is 0 Å². The van der Waals surface area contributed by atoms with Crippen molar-refractivity contribution in [2.45, 2.75) is 63.1 Å². The third-order valence-corrected chi connectivity index (χ3v) is 7.82. The zero-order valence-corrected chi connectivity index (χ0v) is 22.6. The van der Waals surface area contributed by atoms with E-state index in [2.05, 4.69) is 26.8 Å². The van der Waals surface area contributed by atoms with E-state index in [-0.39, 0.29) is 48.7 Å². The second-order valence-corrected chi connectivity index (χ2v) is 11.3. The number of methoxy groups -OCH3 is 2. The van der Waals surface area contributed by atoms with Crippen LogP contribution in [0, 0.1) is 11.8 Å². The zero-order chi connectivity index (χ0) is 27.8. The number of benzene rings is 2. The smallest absolute Gasteiger partial charge is 0.186 e. The van der Waals surface area contributed by atoms with Gasteiger partial charge in [0.05, 0.1) is 27.4 Å². The Morgan fingerprint density at radius 1 is 0.974 bits per heavy atom. The molecule has 0 spiro atoms. The summed E-state index contributed by atoms with van der Waals surface area (Å²) in [6, 6.07) is 9.59. The molecule has 2 aromatic rings. The number of fused-ring (bicyclic) bond motifs is 1. The van der Waals surface area contributed by atoms with Crippen molar-refractivity contribution < 1.29 is 44.5 Å². The Bertz CT molecular complexity index is 1110. The predicted octanol–water partition coefficient (Wildman–Crippen LogP) is 2.08. The normalized spacial score (nSPS) is 29.6. The number of rotatable bonds is 7. The lowest BCUT2D eigenvalue weighted by Crippen LogP contribution is -2.54. The summed E-state index contributed by atoms with van der Waals surface area (Å²) in [5.41, 5.74) is 3.66. The highest BCUT2D eigenvalue weighted by Gasteiger charge is 2.42. The van der Waals surface area contributed by atoms with Gasteiger partial charge in [0.15, 0.2) is 17.8 Å². The van der Waals surface area contributed by atoms with Crippen LogP contribution in [-0.2, 0) is 21.3 Å². The first kappa shape index (κ1) is 28.6. The van der Waals surface area contributed by atoms with Gasteiger partial charge in [-0.05, 0) is 64.1 Å². The van der Waals surface area contributed by atoms with E-state index in [1.54, 1.807) is 13.2 Å². The molecule has 2 aromatic carbocycles. The topological polar surface area (TPSA) is 138 Å². The van der Waals surface area contributed by atoms with Crippen LogP contribution in [0.5, 0.6) is 17.2 Å². The SMILES string of the molecule is COc1cc2c(cc1O)C[C@H](CO)[C@@H](CO[C@@H]1OC[C@@H](O)[C@H](O)[C@H]1O)[C@@H]2c1ccc(OC)c(C(C)(C)C)c1. The van der Waals surface area contributed by atoms with Gasteiger partial charge in [0.1, 0.15) is 24.1 Å². The van der Waals surface area contributed by atoms with Crippen molar-refractivity contribution in [1.29, 1.82) is 0 Å². The number of phenols is 1. The fourth-order valence-electron chi connectivity index (χ4n) is 5.69. The average molecular weight is 533 g/mol. The van der Waals surface area contributed by atoms with E-state index in [0.717, 1.165) is 28.0 Å². The molecule has 0 aromatic heterocycles. The van der Waals surface area contributed by atoms with Gasteiger partial charge in [-0.2, -0.15) is 0 Å². The van der Waals surface area contributed by atoms with Gasteiger partial charge in [-0.1, -0.05) is 32.9 Å². The summed E-state index contributed by atoms with van der Waals surface area (Å²) in [7, 11) is 3.15. The van der Waals surface area contributed by atoms with Crippen LogP contribution in [0.4, 0.5) is 0 Å². The van der Waals surface area contributed by atoms with Gasteiger partial charge in [-0.25, -0.2) is 0 Å². The predicted molar refractivity (Wildman–Crippen MR) is 140 cm³/mol. The van der Waals surface area contributed by atoms with Crippen LogP contribution in [0.15, 0.2) is 30.3 Å². The second kappa shape index (κ2) is 11.4. The van der Waals surface area contributed by atoms with E-state index in [1.165, 1.54) is 7.11 Å². The fourth-order valence-corrected chi connectivity index (χ4v) is 5.69. The molecule has 4 rings (SSSR count). The molecule has 5 N–H and O–H groups in total. The Morgan fingerprint density at radius 3 is 2.32 bits per heavy atom. The minimum absolute atomic E-state index is 0.0350. The Morgan fingerprint density at radius 2 is 1.68 bits per heavy atom. The molecular formula is C29H40O9. The first-order valence-corrected chi connectivity index (χ1v) is 13.0. The highest BCUT2D eigenvalue weighted by Crippen LogP contribution is 2.48. The maximum atomic E-state index is 10.5. The molecule has 0 unspecified atom stereocenters. The standard InChI is InChI=1S/C29H40O9/c1-29(2,3)20-9-15(6-7-23(20)35-4)25-18-11-24(36-5)21(31)10-16(18)8-17(12-30)19(25)13-37-28-27(34)26(33)22(32)14-38-28/h6-7,9-11,17,19,22,25-28,30-34H,8,12-14H2,1-5H3/t17-,19-,22-,25-,26+,27-,28-/m1/s1. The molecule has 9 heteroatoms. The summed E-state index contributed by atoms with van der Waals surface area (Å²) < 4.78 is 22.6. The molecule has 0 radical (unpaired) electrons. The van der Waals surface area contributed by atoms with Crippen molar-refractivity contribution >= 4 is 0 Å². The Hall–Kier alpha value is -2.40. The van der Waals surface area contributed by atoms with E-state index in [9.17, 15) is 25.5 Å². The molecule has 1 aliphatic carbocycles. The molecule has 2 aliphatic rings. The number of aromatic hydroxyl groups is 1. The lowest BCUT2D eigenvalue weighted by Gasteiger charge is -2.41. The summed E-state index contributed by atoms with van der Waals surface area (Å²) in [4.78, 5) is 0. The molecule has 1 aliphatic heterocycles. The summed E-state index contributed by atoms with van der Waals surface area (Å²) in [5, 5.41) is 51.3. The summed E-state index contributed by atoms with van der Waals surface area (Å²) >= 11 is 0.